The molecule has 0 aliphatic heterocycles. The molecule has 7 heteroatoms. The lowest BCUT2D eigenvalue weighted by Crippen LogP contribution is -2.17. The van der Waals surface area contributed by atoms with Crippen molar-refractivity contribution in [1.82, 2.24) is 0 Å². The second kappa shape index (κ2) is 4.93. The van der Waals surface area contributed by atoms with Gasteiger partial charge in [-0.15, -0.1) is 24.8 Å². The molecule has 0 saturated carbocycles. The molecule has 16 heavy (non-hydrogen) atoms. The standard InChI is InChI=1S/C9H5Cl2F3O2/c10-4-8(15)6-3-5(1-2-7(6)11)16-9(12,13)14/h1-3H,4H2. The highest BCUT2D eigenvalue weighted by Crippen LogP contribution is 2.27. The van der Waals surface area contributed by atoms with Crippen LogP contribution in [0.4, 0.5) is 13.2 Å². The zero-order valence-corrected chi connectivity index (χ0v) is 9.16. The normalized spacial score (nSPS) is 11.3. The molecule has 0 saturated heterocycles. The van der Waals surface area contributed by atoms with Crippen LogP contribution in [-0.4, -0.2) is 18.0 Å². The minimum atomic E-state index is -4.81. The lowest BCUT2D eigenvalue weighted by atomic mass is 10.1. The summed E-state index contributed by atoms with van der Waals surface area (Å²) in [6.07, 6.45) is -4.81. The Morgan fingerprint density at radius 1 is 1.38 bits per heavy atom. The summed E-state index contributed by atoms with van der Waals surface area (Å²) in [5.41, 5.74) is -0.0987. The number of alkyl halides is 4. The van der Waals surface area contributed by atoms with E-state index in [0.29, 0.717) is 0 Å². The number of Topliss-reactive ketones (excluding diaryl/α,β-unsaturated/α-hetero) is 1. The molecule has 0 radical (unpaired) electrons. The maximum atomic E-state index is 11.9. The number of carbonyl (C=O) groups is 1. The molecule has 0 aromatic heterocycles. The second-order valence-corrected chi connectivity index (χ2v) is 3.42. The third kappa shape index (κ3) is 3.57. The van der Waals surface area contributed by atoms with Gasteiger partial charge in [0.05, 0.1) is 10.9 Å². The Hall–Kier alpha value is -0.940. The van der Waals surface area contributed by atoms with Crippen LogP contribution >= 0.6 is 23.2 Å². The van der Waals surface area contributed by atoms with Gasteiger partial charge in [-0.25, -0.2) is 0 Å². The monoisotopic (exact) mass is 272 g/mol. The Kier molecular flexibility index (Phi) is 4.04. The summed E-state index contributed by atoms with van der Waals surface area (Å²) < 4.78 is 39.3. The molecule has 1 aromatic carbocycles. The number of hydrogen-bond donors (Lipinski definition) is 0. The first-order valence-corrected chi connectivity index (χ1v) is 4.89. The van der Waals surface area contributed by atoms with E-state index in [1.165, 1.54) is 0 Å². The smallest absolute Gasteiger partial charge is 0.406 e. The summed E-state index contributed by atoms with van der Waals surface area (Å²) >= 11 is 10.9. The Bertz CT molecular complexity index is 404. The summed E-state index contributed by atoms with van der Waals surface area (Å²) in [6.45, 7) is 0. The van der Waals surface area contributed by atoms with E-state index in [4.69, 9.17) is 23.2 Å². The number of halogens is 5. The zero-order chi connectivity index (χ0) is 12.3. The molecule has 0 aliphatic rings. The molecule has 0 atom stereocenters. The number of rotatable bonds is 3. The van der Waals surface area contributed by atoms with E-state index in [9.17, 15) is 18.0 Å². The van der Waals surface area contributed by atoms with Crippen molar-refractivity contribution in [2.75, 3.05) is 5.88 Å². The highest BCUT2D eigenvalue weighted by molar-refractivity contribution is 6.37. The van der Waals surface area contributed by atoms with Crippen LogP contribution in [0.2, 0.25) is 5.02 Å². The van der Waals surface area contributed by atoms with E-state index in [1.807, 2.05) is 0 Å². The lowest BCUT2D eigenvalue weighted by Gasteiger charge is -2.10. The Labute approximate surface area is 98.9 Å². The van der Waals surface area contributed by atoms with Crippen LogP contribution in [0.3, 0.4) is 0 Å². The van der Waals surface area contributed by atoms with Gasteiger partial charge in [0.1, 0.15) is 5.75 Å². The number of carbonyl (C=O) groups excluding carboxylic acids is 1. The van der Waals surface area contributed by atoms with E-state index in [-0.39, 0.29) is 16.5 Å². The van der Waals surface area contributed by atoms with Gasteiger partial charge in [-0.3, -0.25) is 4.79 Å². The largest absolute Gasteiger partial charge is 0.573 e. The maximum Gasteiger partial charge on any atom is 0.573 e. The first kappa shape index (κ1) is 13.1. The Balaban J connectivity index is 3.03. The van der Waals surface area contributed by atoms with Gasteiger partial charge in [0.25, 0.3) is 0 Å². The van der Waals surface area contributed by atoms with Gasteiger partial charge in [-0.1, -0.05) is 11.6 Å². The highest BCUT2D eigenvalue weighted by Gasteiger charge is 2.31. The van der Waals surface area contributed by atoms with Crippen molar-refractivity contribution >= 4 is 29.0 Å². The maximum absolute atomic E-state index is 11.9. The molecule has 0 unspecified atom stereocenters. The number of ether oxygens (including phenoxy) is 1. The first-order valence-electron chi connectivity index (χ1n) is 3.98. The molecule has 0 fully saturated rings. The molecule has 0 aliphatic carbocycles. The van der Waals surface area contributed by atoms with E-state index >= 15 is 0 Å². The summed E-state index contributed by atoms with van der Waals surface area (Å²) in [4.78, 5) is 11.2. The summed E-state index contributed by atoms with van der Waals surface area (Å²) in [5.74, 6) is -1.44. The number of benzene rings is 1. The molecule has 1 rings (SSSR count). The summed E-state index contributed by atoms with van der Waals surface area (Å²) in [7, 11) is 0. The third-order valence-electron chi connectivity index (χ3n) is 1.59. The molecule has 0 spiro atoms. The average molecular weight is 273 g/mol. The predicted molar refractivity (Wildman–Crippen MR) is 53.2 cm³/mol. The minimum Gasteiger partial charge on any atom is -0.406 e. The van der Waals surface area contributed by atoms with Gasteiger partial charge < -0.3 is 4.74 Å². The van der Waals surface area contributed by atoms with Crippen LogP contribution in [-0.2, 0) is 0 Å². The molecular weight excluding hydrogens is 268 g/mol. The molecule has 0 heterocycles. The molecule has 0 amide bonds. The van der Waals surface area contributed by atoms with Gasteiger partial charge in [0, 0.05) is 5.56 Å². The topological polar surface area (TPSA) is 26.3 Å². The van der Waals surface area contributed by atoms with Gasteiger partial charge >= 0.3 is 6.36 Å². The quantitative estimate of drug-likeness (QED) is 0.620. The summed E-state index contributed by atoms with van der Waals surface area (Å²) in [5, 5.41) is 0.0279. The van der Waals surface area contributed by atoms with Crippen molar-refractivity contribution in [2.24, 2.45) is 0 Å². The Morgan fingerprint density at radius 2 is 2.00 bits per heavy atom. The molecule has 1 aromatic rings. The van der Waals surface area contributed by atoms with Crippen molar-refractivity contribution in [2.45, 2.75) is 6.36 Å². The van der Waals surface area contributed by atoms with E-state index in [1.54, 1.807) is 0 Å². The van der Waals surface area contributed by atoms with Crippen LogP contribution in [0.1, 0.15) is 10.4 Å². The zero-order valence-electron chi connectivity index (χ0n) is 7.65. The molecule has 0 bridgehead atoms. The SMILES string of the molecule is O=C(CCl)c1cc(OC(F)(F)F)ccc1Cl. The third-order valence-corrected chi connectivity index (χ3v) is 2.17. The van der Waals surface area contributed by atoms with Crippen molar-refractivity contribution in [1.29, 1.82) is 0 Å². The Morgan fingerprint density at radius 3 is 2.50 bits per heavy atom. The van der Waals surface area contributed by atoms with Gasteiger partial charge in [-0.2, -0.15) is 0 Å². The molecule has 0 N–H and O–H groups in total. The van der Waals surface area contributed by atoms with Crippen LogP contribution in [0.15, 0.2) is 18.2 Å². The van der Waals surface area contributed by atoms with Crippen molar-refractivity contribution in [3.63, 3.8) is 0 Å². The molecule has 88 valence electrons. The second-order valence-electron chi connectivity index (χ2n) is 2.75. The number of hydrogen-bond acceptors (Lipinski definition) is 2. The fraction of sp³-hybridized carbons (Fsp3) is 0.222. The van der Waals surface area contributed by atoms with E-state index in [0.717, 1.165) is 18.2 Å². The predicted octanol–water partition coefficient (Wildman–Crippen LogP) is 3.66. The van der Waals surface area contributed by atoms with Gasteiger partial charge in [0.15, 0.2) is 5.78 Å². The van der Waals surface area contributed by atoms with Gasteiger partial charge in [0.2, 0.25) is 0 Å². The fourth-order valence-corrected chi connectivity index (χ4v) is 1.35. The molecular formula is C9H5Cl2F3O2. The minimum absolute atomic E-state index is 0.0279. The summed E-state index contributed by atoms with van der Waals surface area (Å²) in [6, 6.07) is 3.06. The van der Waals surface area contributed by atoms with Gasteiger partial charge in [-0.05, 0) is 18.2 Å². The van der Waals surface area contributed by atoms with Crippen LogP contribution in [0, 0.1) is 0 Å². The van der Waals surface area contributed by atoms with Crippen molar-refractivity contribution in [3.05, 3.63) is 28.8 Å². The van der Waals surface area contributed by atoms with Crippen LogP contribution in [0.25, 0.3) is 0 Å². The van der Waals surface area contributed by atoms with Crippen LogP contribution in [0.5, 0.6) is 5.75 Å². The molecule has 2 nitrogen and oxygen atoms in total. The highest BCUT2D eigenvalue weighted by atomic mass is 35.5. The fourth-order valence-electron chi connectivity index (χ4n) is 0.987. The van der Waals surface area contributed by atoms with E-state index < -0.39 is 17.9 Å². The number of ketones is 1. The lowest BCUT2D eigenvalue weighted by molar-refractivity contribution is -0.274. The van der Waals surface area contributed by atoms with Crippen molar-refractivity contribution in [3.8, 4) is 5.75 Å². The first-order chi connectivity index (χ1) is 7.33. The van der Waals surface area contributed by atoms with Crippen LogP contribution < -0.4 is 4.74 Å². The van der Waals surface area contributed by atoms with E-state index in [2.05, 4.69) is 4.74 Å². The van der Waals surface area contributed by atoms with Crippen molar-refractivity contribution < 1.29 is 22.7 Å². The average Bonchev–Trinajstić information content (AvgIpc) is 2.18.